The number of amides is 1. The standard InChI is InChI=1S/C16H17F2N3O/c1-16(2,3)21-15(22)10-6-12(9-19-8-10)20-14-5-4-11(17)7-13(14)18/h4-9,20H,1-3H3,(H,21,22). The van der Waals surface area contributed by atoms with E-state index in [-0.39, 0.29) is 17.1 Å². The van der Waals surface area contributed by atoms with Crippen LogP contribution in [0, 0.1) is 11.6 Å². The fraction of sp³-hybridized carbons (Fsp3) is 0.250. The number of benzene rings is 1. The zero-order valence-corrected chi connectivity index (χ0v) is 12.6. The number of rotatable bonds is 3. The predicted octanol–water partition coefficient (Wildman–Crippen LogP) is 3.63. The highest BCUT2D eigenvalue weighted by molar-refractivity contribution is 5.95. The summed E-state index contributed by atoms with van der Waals surface area (Å²) in [5.41, 5.74) is 0.523. The third-order valence-electron chi connectivity index (χ3n) is 2.70. The quantitative estimate of drug-likeness (QED) is 0.910. The minimum Gasteiger partial charge on any atom is -0.352 e. The number of carbonyl (C=O) groups is 1. The fourth-order valence-electron chi connectivity index (χ4n) is 1.79. The van der Waals surface area contributed by atoms with E-state index in [1.54, 1.807) is 6.07 Å². The van der Waals surface area contributed by atoms with Gasteiger partial charge in [0.25, 0.3) is 5.91 Å². The summed E-state index contributed by atoms with van der Waals surface area (Å²) < 4.78 is 26.5. The van der Waals surface area contributed by atoms with E-state index in [0.717, 1.165) is 12.1 Å². The molecule has 4 nitrogen and oxygen atoms in total. The molecule has 0 atom stereocenters. The van der Waals surface area contributed by atoms with Crippen LogP contribution in [0.2, 0.25) is 0 Å². The second-order valence-corrected chi connectivity index (χ2v) is 5.92. The Hall–Kier alpha value is -2.50. The molecule has 0 radical (unpaired) electrons. The molecule has 116 valence electrons. The van der Waals surface area contributed by atoms with Gasteiger partial charge in [0, 0.05) is 17.8 Å². The lowest BCUT2D eigenvalue weighted by molar-refractivity contribution is 0.0919. The number of nitrogens with one attached hydrogen (secondary N) is 2. The Kier molecular flexibility index (Phi) is 4.40. The van der Waals surface area contributed by atoms with Crippen molar-refractivity contribution in [1.29, 1.82) is 0 Å². The predicted molar refractivity (Wildman–Crippen MR) is 81.1 cm³/mol. The third-order valence-corrected chi connectivity index (χ3v) is 2.70. The zero-order valence-electron chi connectivity index (χ0n) is 12.6. The van der Waals surface area contributed by atoms with E-state index < -0.39 is 11.6 Å². The number of pyridine rings is 1. The average Bonchev–Trinajstić information content (AvgIpc) is 2.40. The highest BCUT2D eigenvalue weighted by Gasteiger charge is 2.16. The van der Waals surface area contributed by atoms with Gasteiger partial charge in [-0.2, -0.15) is 0 Å². The Morgan fingerprint density at radius 3 is 2.50 bits per heavy atom. The van der Waals surface area contributed by atoms with Crippen LogP contribution >= 0.6 is 0 Å². The van der Waals surface area contributed by atoms with E-state index in [1.165, 1.54) is 18.5 Å². The first-order valence-corrected chi connectivity index (χ1v) is 6.74. The molecule has 0 aliphatic carbocycles. The van der Waals surface area contributed by atoms with Crippen LogP contribution in [0.4, 0.5) is 20.2 Å². The second-order valence-electron chi connectivity index (χ2n) is 5.92. The summed E-state index contributed by atoms with van der Waals surface area (Å²) in [4.78, 5) is 16.0. The monoisotopic (exact) mass is 305 g/mol. The number of hydrogen-bond acceptors (Lipinski definition) is 3. The Bertz CT molecular complexity index is 696. The van der Waals surface area contributed by atoms with Crippen molar-refractivity contribution in [2.45, 2.75) is 26.3 Å². The molecule has 0 unspecified atom stereocenters. The lowest BCUT2D eigenvalue weighted by Crippen LogP contribution is -2.40. The highest BCUT2D eigenvalue weighted by atomic mass is 19.1. The summed E-state index contributed by atoms with van der Waals surface area (Å²) >= 11 is 0. The molecule has 22 heavy (non-hydrogen) atoms. The summed E-state index contributed by atoms with van der Waals surface area (Å²) in [5.74, 6) is -1.65. The summed E-state index contributed by atoms with van der Waals surface area (Å²) in [5, 5.41) is 5.59. The lowest BCUT2D eigenvalue weighted by Gasteiger charge is -2.20. The number of hydrogen-bond donors (Lipinski definition) is 2. The van der Waals surface area contributed by atoms with Crippen molar-refractivity contribution in [2.75, 3.05) is 5.32 Å². The van der Waals surface area contributed by atoms with Crippen molar-refractivity contribution >= 4 is 17.3 Å². The van der Waals surface area contributed by atoms with Crippen LogP contribution in [0.5, 0.6) is 0 Å². The Labute approximate surface area is 127 Å². The smallest absolute Gasteiger partial charge is 0.253 e. The molecular formula is C16H17F2N3O. The third kappa shape index (κ3) is 4.25. The number of carbonyl (C=O) groups excluding carboxylic acids is 1. The first-order valence-electron chi connectivity index (χ1n) is 6.74. The van der Waals surface area contributed by atoms with Gasteiger partial charge in [0.2, 0.25) is 0 Å². The molecular weight excluding hydrogens is 288 g/mol. The highest BCUT2D eigenvalue weighted by Crippen LogP contribution is 2.21. The molecule has 2 aromatic rings. The van der Waals surface area contributed by atoms with Gasteiger partial charge in [-0.25, -0.2) is 8.78 Å². The van der Waals surface area contributed by atoms with E-state index in [9.17, 15) is 13.6 Å². The van der Waals surface area contributed by atoms with E-state index in [4.69, 9.17) is 0 Å². The maximum atomic E-state index is 13.6. The minimum atomic E-state index is -0.718. The fourth-order valence-corrected chi connectivity index (χ4v) is 1.79. The van der Waals surface area contributed by atoms with E-state index >= 15 is 0 Å². The van der Waals surface area contributed by atoms with Crippen molar-refractivity contribution in [3.63, 3.8) is 0 Å². The SMILES string of the molecule is CC(C)(C)NC(=O)c1cncc(Nc2ccc(F)cc2F)c1. The molecule has 0 bridgehead atoms. The van der Waals surface area contributed by atoms with Crippen molar-refractivity contribution in [2.24, 2.45) is 0 Å². The van der Waals surface area contributed by atoms with Gasteiger partial charge in [0.1, 0.15) is 11.6 Å². The first kappa shape index (κ1) is 15.9. The maximum Gasteiger partial charge on any atom is 0.253 e. The van der Waals surface area contributed by atoms with Gasteiger partial charge in [-0.3, -0.25) is 9.78 Å². The molecule has 0 saturated heterocycles. The lowest BCUT2D eigenvalue weighted by atomic mass is 10.1. The van der Waals surface area contributed by atoms with Crippen molar-refractivity contribution in [1.82, 2.24) is 10.3 Å². The Morgan fingerprint density at radius 1 is 1.14 bits per heavy atom. The molecule has 2 rings (SSSR count). The molecule has 0 aliphatic rings. The zero-order chi connectivity index (χ0) is 16.3. The number of anilines is 2. The first-order chi connectivity index (χ1) is 10.2. The summed E-state index contributed by atoms with van der Waals surface area (Å²) in [6, 6.07) is 4.77. The molecule has 1 heterocycles. The normalized spacial score (nSPS) is 11.1. The van der Waals surface area contributed by atoms with Gasteiger partial charge in [-0.05, 0) is 39.0 Å². The van der Waals surface area contributed by atoms with Gasteiger partial charge in [0.15, 0.2) is 0 Å². The molecule has 1 aromatic heterocycles. The summed E-state index contributed by atoms with van der Waals surface area (Å²) in [7, 11) is 0. The van der Waals surface area contributed by atoms with Crippen LogP contribution in [0.1, 0.15) is 31.1 Å². The Balaban J connectivity index is 2.20. The van der Waals surface area contributed by atoms with E-state index in [1.807, 2.05) is 20.8 Å². The molecule has 1 aromatic carbocycles. The molecule has 0 fully saturated rings. The molecule has 0 saturated carbocycles. The molecule has 2 N–H and O–H groups in total. The van der Waals surface area contributed by atoms with Gasteiger partial charge < -0.3 is 10.6 Å². The molecule has 0 aliphatic heterocycles. The van der Waals surface area contributed by atoms with Crippen LogP contribution in [-0.2, 0) is 0 Å². The Morgan fingerprint density at radius 2 is 1.86 bits per heavy atom. The van der Waals surface area contributed by atoms with Crippen LogP contribution in [0.3, 0.4) is 0 Å². The molecule has 0 spiro atoms. The van der Waals surface area contributed by atoms with Gasteiger partial charge in [-0.1, -0.05) is 0 Å². The van der Waals surface area contributed by atoms with Crippen LogP contribution in [-0.4, -0.2) is 16.4 Å². The van der Waals surface area contributed by atoms with Crippen LogP contribution in [0.25, 0.3) is 0 Å². The maximum absolute atomic E-state index is 13.6. The minimum absolute atomic E-state index is 0.108. The van der Waals surface area contributed by atoms with Crippen molar-refractivity contribution < 1.29 is 13.6 Å². The molecule has 1 amide bonds. The topological polar surface area (TPSA) is 54.0 Å². The van der Waals surface area contributed by atoms with Gasteiger partial charge >= 0.3 is 0 Å². The largest absolute Gasteiger partial charge is 0.352 e. The number of nitrogens with zero attached hydrogens (tertiary/aromatic N) is 1. The number of halogens is 2. The van der Waals surface area contributed by atoms with Crippen molar-refractivity contribution in [3.8, 4) is 0 Å². The number of aromatic nitrogens is 1. The van der Waals surface area contributed by atoms with Crippen LogP contribution < -0.4 is 10.6 Å². The second kappa shape index (κ2) is 6.09. The van der Waals surface area contributed by atoms with E-state index in [0.29, 0.717) is 11.3 Å². The van der Waals surface area contributed by atoms with Gasteiger partial charge in [0.05, 0.1) is 23.1 Å². The van der Waals surface area contributed by atoms with Crippen molar-refractivity contribution in [3.05, 3.63) is 53.9 Å². The average molecular weight is 305 g/mol. The summed E-state index contributed by atoms with van der Waals surface area (Å²) in [6.45, 7) is 5.61. The van der Waals surface area contributed by atoms with Crippen LogP contribution in [0.15, 0.2) is 36.7 Å². The molecule has 6 heteroatoms. The summed E-state index contributed by atoms with van der Waals surface area (Å²) in [6.07, 6.45) is 2.88. The van der Waals surface area contributed by atoms with Gasteiger partial charge in [-0.15, -0.1) is 0 Å². The van der Waals surface area contributed by atoms with E-state index in [2.05, 4.69) is 15.6 Å².